The molecule has 0 radical (unpaired) electrons. The average Bonchev–Trinajstić information content (AvgIpc) is 3.42. The second kappa shape index (κ2) is 13.2. The normalized spacial score (nSPS) is 13.9. The molecule has 242 valence electrons. The molecule has 1 amide bonds. The second-order valence-corrected chi connectivity index (χ2v) is 13.6. The van der Waals surface area contributed by atoms with Gasteiger partial charge in [0, 0.05) is 28.2 Å². The number of halogens is 2. The first kappa shape index (κ1) is 32.3. The summed E-state index contributed by atoms with van der Waals surface area (Å²) in [5, 5.41) is 13.1. The average molecular weight is 654 g/mol. The highest BCUT2D eigenvalue weighted by atomic mass is 35.5. The van der Waals surface area contributed by atoms with Gasteiger partial charge in [0.25, 0.3) is 5.91 Å². The summed E-state index contributed by atoms with van der Waals surface area (Å²) in [4.78, 5) is 29.4. The molecule has 1 saturated carbocycles. The van der Waals surface area contributed by atoms with E-state index >= 15 is 4.39 Å². The number of nitrogens with one attached hydrogen (secondary N) is 1. The molecule has 6 rings (SSSR count). The molecule has 0 aliphatic heterocycles. The smallest absolute Gasteiger partial charge is 0.335 e. The van der Waals surface area contributed by atoms with Crippen LogP contribution in [0.5, 0.6) is 5.75 Å². The van der Waals surface area contributed by atoms with Crippen LogP contribution in [0.15, 0.2) is 78.9 Å². The van der Waals surface area contributed by atoms with Crippen LogP contribution in [-0.2, 0) is 6.61 Å². The van der Waals surface area contributed by atoms with E-state index < -0.39 is 17.3 Å². The maximum absolute atomic E-state index is 16.0. The molecule has 1 aromatic heterocycles. The molecule has 0 saturated heterocycles. The number of benzene rings is 4. The van der Waals surface area contributed by atoms with Crippen LogP contribution in [0.25, 0.3) is 33.5 Å². The summed E-state index contributed by atoms with van der Waals surface area (Å²) in [5.74, 6) is -0.932. The van der Waals surface area contributed by atoms with Crippen LogP contribution in [-0.4, -0.2) is 32.1 Å². The number of hydrogen-bond donors (Lipinski definition) is 2. The van der Waals surface area contributed by atoms with E-state index in [4.69, 9.17) is 21.3 Å². The lowest BCUT2D eigenvalue weighted by molar-refractivity contribution is 0.0696. The molecule has 2 N–H and O–H groups in total. The number of ether oxygens (including phenoxy) is 1. The van der Waals surface area contributed by atoms with Gasteiger partial charge in [0.2, 0.25) is 0 Å². The molecule has 4 aromatic carbocycles. The van der Waals surface area contributed by atoms with Crippen LogP contribution in [0.1, 0.15) is 85.2 Å². The number of amides is 1. The second-order valence-electron chi connectivity index (χ2n) is 13.1. The zero-order valence-electron chi connectivity index (χ0n) is 26.6. The Labute approximate surface area is 278 Å². The van der Waals surface area contributed by atoms with E-state index in [9.17, 15) is 14.7 Å². The topological polar surface area (TPSA) is 93.4 Å². The van der Waals surface area contributed by atoms with Crippen molar-refractivity contribution in [2.75, 3.05) is 0 Å². The van der Waals surface area contributed by atoms with Crippen LogP contribution in [0.4, 0.5) is 4.39 Å². The van der Waals surface area contributed by atoms with Gasteiger partial charge in [0.1, 0.15) is 24.0 Å². The number of carbonyl (C=O) groups excluding carboxylic acids is 1. The molecular formula is C38H37ClFN3O4. The Bertz CT molecular complexity index is 1960. The van der Waals surface area contributed by atoms with Crippen LogP contribution in [0.2, 0.25) is 5.02 Å². The molecule has 9 heteroatoms. The molecular weight excluding hydrogens is 617 g/mol. The molecule has 1 aliphatic rings. The number of nitrogens with zero attached hydrogens (tertiary/aromatic N) is 2. The molecule has 1 fully saturated rings. The van der Waals surface area contributed by atoms with Gasteiger partial charge in [-0.2, -0.15) is 0 Å². The van der Waals surface area contributed by atoms with Gasteiger partial charge in [0.05, 0.1) is 22.2 Å². The van der Waals surface area contributed by atoms with Crippen molar-refractivity contribution in [3.8, 4) is 28.3 Å². The van der Waals surface area contributed by atoms with Crippen LogP contribution >= 0.6 is 11.6 Å². The van der Waals surface area contributed by atoms with Gasteiger partial charge in [-0.15, -0.1) is 0 Å². The number of fused-ring (bicyclic) bond motifs is 1. The molecule has 5 aromatic rings. The highest BCUT2D eigenvalue weighted by Crippen LogP contribution is 2.38. The van der Waals surface area contributed by atoms with Gasteiger partial charge >= 0.3 is 5.97 Å². The molecule has 47 heavy (non-hydrogen) atoms. The van der Waals surface area contributed by atoms with Gasteiger partial charge in [0.15, 0.2) is 0 Å². The quantitative estimate of drug-likeness (QED) is 0.174. The van der Waals surface area contributed by atoms with Crippen LogP contribution in [0, 0.1) is 5.82 Å². The number of carbonyl (C=O) groups is 2. The Balaban J connectivity index is 1.32. The Morgan fingerprint density at radius 3 is 2.32 bits per heavy atom. The fraction of sp³-hybridized carbons (Fsp3) is 0.289. The van der Waals surface area contributed by atoms with E-state index in [0.717, 1.165) is 54.3 Å². The maximum Gasteiger partial charge on any atom is 0.335 e. The van der Waals surface area contributed by atoms with Crippen LogP contribution in [0.3, 0.4) is 0 Å². The minimum Gasteiger partial charge on any atom is -0.489 e. The monoisotopic (exact) mass is 653 g/mol. The van der Waals surface area contributed by atoms with Crippen molar-refractivity contribution in [2.45, 2.75) is 71.1 Å². The molecule has 7 nitrogen and oxygen atoms in total. The Kier molecular flexibility index (Phi) is 9.06. The van der Waals surface area contributed by atoms with E-state index in [1.54, 1.807) is 54.6 Å². The third kappa shape index (κ3) is 7.18. The van der Waals surface area contributed by atoms with Crippen molar-refractivity contribution in [1.82, 2.24) is 14.9 Å². The fourth-order valence-electron chi connectivity index (χ4n) is 6.24. The third-order valence-electron chi connectivity index (χ3n) is 8.46. The predicted molar refractivity (Wildman–Crippen MR) is 183 cm³/mol. The van der Waals surface area contributed by atoms with E-state index in [-0.39, 0.29) is 24.1 Å². The summed E-state index contributed by atoms with van der Waals surface area (Å²) < 4.78 is 24.2. The van der Waals surface area contributed by atoms with Gasteiger partial charge in [-0.3, -0.25) is 4.79 Å². The minimum absolute atomic E-state index is 0.0892. The first-order valence-electron chi connectivity index (χ1n) is 15.9. The largest absolute Gasteiger partial charge is 0.489 e. The summed E-state index contributed by atoms with van der Waals surface area (Å²) in [6.07, 6.45) is 5.20. The Morgan fingerprint density at radius 1 is 0.936 bits per heavy atom. The lowest BCUT2D eigenvalue weighted by Gasteiger charge is -2.25. The summed E-state index contributed by atoms with van der Waals surface area (Å²) in [5.41, 5.74) is 4.39. The van der Waals surface area contributed by atoms with Gasteiger partial charge in [-0.1, -0.05) is 49.1 Å². The zero-order chi connectivity index (χ0) is 33.3. The number of hydrogen-bond acceptors (Lipinski definition) is 4. The summed E-state index contributed by atoms with van der Waals surface area (Å²) in [6.45, 7) is 5.86. The van der Waals surface area contributed by atoms with E-state index in [1.165, 1.54) is 6.07 Å². The fourth-order valence-corrected chi connectivity index (χ4v) is 6.36. The summed E-state index contributed by atoms with van der Waals surface area (Å²) in [6, 6.07) is 22.6. The van der Waals surface area contributed by atoms with Crippen molar-refractivity contribution >= 4 is 34.5 Å². The number of imidazole rings is 1. The van der Waals surface area contributed by atoms with Gasteiger partial charge in [-0.05, 0) is 105 Å². The SMILES string of the molecule is CC(C)(C)NC(=O)c1ccc(-c2ccc(Cl)cc2)c(COc2ccc(-c3nc4cc(C(=O)O)ccc4n3C3CCCCC3)c(F)c2)c1. The number of aromatic carboxylic acids is 1. The molecule has 0 bridgehead atoms. The third-order valence-corrected chi connectivity index (χ3v) is 8.72. The van der Waals surface area contributed by atoms with E-state index in [1.807, 2.05) is 39.0 Å². The molecule has 1 heterocycles. The van der Waals surface area contributed by atoms with Crippen molar-refractivity contribution in [1.29, 1.82) is 0 Å². The van der Waals surface area contributed by atoms with Gasteiger partial charge < -0.3 is 19.7 Å². The maximum atomic E-state index is 16.0. The highest BCUT2D eigenvalue weighted by Gasteiger charge is 2.25. The number of carboxylic acids is 1. The summed E-state index contributed by atoms with van der Waals surface area (Å²) >= 11 is 6.13. The molecule has 0 unspecified atom stereocenters. The zero-order valence-corrected chi connectivity index (χ0v) is 27.4. The van der Waals surface area contributed by atoms with E-state index in [0.29, 0.717) is 33.2 Å². The first-order valence-corrected chi connectivity index (χ1v) is 16.2. The Morgan fingerprint density at radius 2 is 1.64 bits per heavy atom. The lowest BCUT2D eigenvalue weighted by Crippen LogP contribution is -2.40. The molecule has 1 aliphatic carbocycles. The standard InChI is InChI=1S/C38H37ClFN3O4/c1-38(2,3)42-36(44)24-11-16-30(23-9-13-27(39)14-10-23)26(19-24)22-47-29-15-17-31(32(40)21-29)35-41-33-20-25(37(45)46)12-18-34(33)43(35)28-7-5-4-6-8-28/h9-21,28H,4-8,22H2,1-3H3,(H,42,44)(H,45,46). The number of rotatable bonds is 8. The molecule has 0 spiro atoms. The van der Waals surface area contributed by atoms with Crippen molar-refractivity contribution in [2.24, 2.45) is 0 Å². The van der Waals surface area contributed by atoms with Crippen molar-refractivity contribution in [3.05, 3.63) is 106 Å². The van der Waals surface area contributed by atoms with Gasteiger partial charge in [-0.25, -0.2) is 14.2 Å². The predicted octanol–water partition coefficient (Wildman–Crippen LogP) is 9.47. The highest BCUT2D eigenvalue weighted by molar-refractivity contribution is 6.30. The summed E-state index contributed by atoms with van der Waals surface area (Å²) in [7, 11) is 0. The lowest BCUT2D eigenvalue weighted by atomic mass is 9.94. The van der Waals surface area contributed by atoms with Crippen LogP contribution < -0.4 is 10.1 Å². The van der Waals surface area contributed by atoms with Crippen molar-refractivity contribution in [3.63, 3.8) is 0 Å². The van der Waals surface area contributed by atoms with Crippen molar-refractivity contribution < 1.29 is 23.8 Å². The number of carboxylic acid groups (broad SMARTS) is 1. The van der Waals surface area contributed by atoms with E-state index in [2.05, 4.69) is 9.88 Å². The first-order chi connectivity index (χ1) is 22.5. The number of aromatic nitrogens is 2. The molecule has 0 atom stereocenters. The Hall–Kier alpha value is -4.69. The minimum atomic E-state index is -1.03.